The fourth-order valence-electron chi connectivity index (χ4n) is 3.13. The number of benzene rings is 2. The average Bonchev–Trinajstić information content (AvgIpc) is 2.63. The molecule has 25 heavy (non-hydrogen) atoms. The van der Waals surface area contributed by atoms with Crippen LogP contribution in [0, 0.1) is 13.8 Å². The molecule has 0 saturated heterocycles. The van der Waals surface area contributed by atoms with Gasteiger partial charge in [-0.25, -0.2) is 0 Å². The summed E-state index contributed by atoms with van der Waals surface area (Å²) in [7, 11) is 0. The fourth-order valence-corrected chi connectivity index (χ4v) is 3.13. The summed E-state index contributed by atoms with van der Waals surface area (Å²) in [6.45, 7) is 5.79. The van der Waals surface area contributed by atoms with Gasteiger partial charge in [0.1, 0.15) is 0 Å². The van der Waals surface area contributed by atoms with Gasteiger partial charge < -0.3 is 10.2 Å². The predicted octanol–water partition coefficient (Wildman–Crippen LogP) is 3.01. The van der Waals surface area contributed by atoms with Gasteiger partial charge in [0.2, 0.25) is 5.91 Å². The maximum atomic E-state index is 12.4. The number of fused-ring (bicyclic) bond motifs is 1. The van der Waals surface area contributed by atoms with Crippen molar-refractivity contribution in [3.05, 3.63) is 70.3 Å². The predicted molar refractivity (Wildman–Crippen MR) is 98.4 cm³/mol. The molecule has 0 unspecified atom stereocenters. The van der Waals surface area contributed by atoms with Crippen molar-refractivity contribution in [2.45, 2.75) is 33.2 Å². The highest BCUT2D eigenvalue weighted by atomic mass is 16.2. The van der Waals surface area contributed by atoms with E-state index < -0.39 is 0 Å². The molecule has 0 bridgehead atoms. The summed E-state index contributed by atoms with van der Waals surface area (Å²) in [6, 6.07) is 13.9. The highest BCUT2D eigenvalue weighted by Gasteiger charge is 2.20. The summed E-state index contributed by atoms with van der Waals surface area (Å²) in [5, 5.41) is 2.85. The number of nitrogens with zero attached hydrogens (tertiary/aromatic N) is 1. The first-order valence-electron chi connectivity index (χ1n) is 8.74. The van der Waals surface area contributed by atoms with Crippen LogP contribution in [0.1, 0.15) is 39.0 Å². The highest BCUT2D eigenvalue weighted by Crippen LogP contribution is 2.18. The Hall–Kier alpha value is -2.62. The van der Waals surface area contributed by atoms with Gasteiger partial charge in [0.25, 0.3) is 5.91 Å². The van der Waals surface area contributed by atoms with Gasteiger partial charge >= 0.3 is 0 Å². The van der Waals surface area contributed by atoms with E-state index in [1.165, 1.54) is 11.1 Å². The van der Waals surface area contributed by atoms with Crippen LogP contribution in [-0.2, 0) is 17.8 Å². The van der Waals surface area contributed by atoms with E-state index in [-0.39, 0.29) is 11.8 Å². The third-order valence-electron chi connectivity index (χ3n) is 4.88. The summed E-state index contributed by atoms with van der Waals surface area (Å²) >= 11 is 0. The molecule has 1 aliphatic heterocycles. The summed E-state index contributed by atoms with van der Waals surface area (Å²) in [5.41, 5.74) is 5.45. The van der Waals surface area contributed by atoms with E-state index in [1.807, 2.05) is 49.1 Å². The number of carbonyl (C=O) groups excluding carboxylic acids is 2. The molecule has 0 radical (unpaired) electrons. The molecule has 2 amide bonds. The molecular weight excluding hydrogens is 312 g/mol. The minimum Gasteiger partial charge on any atom is -0.352 e. The molecule has 130 valence electrons. The first kappa shape index (κ1) is 17.2. The zero-order chi connectivity index (χ0) is 17.8. The second-order valence-electron chi connectivity index (χ2n) is 6.64. The molecule has 1 aliphatic rings. The molecule has 4 nitrogen and oxygen atoms in total. The summed E-state index contributed by atoms with van der Waals surface area (Å²) < 4.78 is 0. The zero-order valence-corrected chi connectivity index (χ0v) is 14.8. The average molecular weight is 336 g/mol. The summed E-state index contributed by atoms with van der Waals surface area (Å²) in [4.78, 5) is 26.5. The van der Waals surface area contributed by atoms with Crippen LogP contribution in [0.5, 0.6) is 0 Å². The van der Waals surface area contributed by atoms with Crippen molar-refractivity contribution in [1.82, 2.24) is 10.2 Å². The van der Waals surface area contributed by atoms with E-state index in [2.05, 4.69) is 17.4 Å². The van der Waals surface area contributed by atoms with Crippen molar-refractivity contribution in [3.8, 4) is 0 Å². The Labute approximate surface area is 148 Å². The lowest BCUT2D eigenvalue weighted by molar-refractivity contribution is -0.131. The molecule has 2 aromatic rings. The molecule has 1 N–H and O–H groups in total. The van der Waals surface area contributed by atoms with Crippen molar-refractivity contribution >= 4 is 11.8 Å². The normalized spacial score (nSPS) is 13.3. The number of hydrogen-bond acceptors (Lipinski definition) is 2. The number of aryl methyl sites for hydroxylation is 2. The van der Waals surface area contributed by atoms with Crippen molar-refractivity contribution in [2.24, 2.45) is 0 Å². The van der Waals surface area contributed by atoms with Crippen molar-refractivity contribution in [1.29, 1.82) is 0 Å². The fraction of sp³-hybridized carbons (Fsp3) is 0.333. The third kappa shape index (κ3) is 4.08. The van der Waals surface area contributed by atoms with E-state index in [0.29, 0.717) is 25.1 Å². The lowest BCUT2D eigenvalue weighted by atomic mass is 10.00. The number of hydrogen-bond donors (Lipinski definition) is 1. The minimum absolute atomic E-state index is 0.0925. The molecule has 1 heterocycles. The van der Waals surface area contributed by atoms with Crippen LogP contribution < -0.4 is 5.32 Å². The molecule has 0 spiro atoms. The number of rotatable bonds is 4. The summed E-state index contributed by atoms with van der Waals surface area (Å²) in [5.74, 6) is -0.0326. The lowest BCUT2D eigenvalue weighted by Crippen LogP contribution is -2.38. The van der Waals surface area contributed by atoms with Gasteiger partial charge in [-0.2, -0.15) is 0 Å². The molecule has 3 rings (SSSR count). The van der Waals surface area contributed by atoms with E-state index in [1.54, 1.807) is 0 Å². The van der Waals surface area contributed by atoms with Crippen molar-refractivity contribution in [3.63, 3.8) is 0 Å². The quantitative estimate of drug-likeness (QED) is 0.933. The SMILES string of the molecule is Cc1ccc(C(=O)NCCC(=O)N2CCc3ccccc3C2)cc1C. The first-order chi connectivity index (χ1) is 12.0. The second kappa shape index (κ2) is 7.51. The molecule has 0 saturated carbocycles. The Kier molecular flexibility index (Phi) is 5.17. The van der Waals surface area contributed by atoms with Crippen LogP contribution in [0.3, 0.4) is 0 Å². The lowest BCUT2D eigenvalue weighted by Gasteiger charge is -2.29. The monoisotopic (exact) mass is 336 g/mol. The Bertz CT molecular complexity index is 798. The van der Waals surface area contributed by atoms with E-state index in [0.717, 1.165) is 24.1 Å². The van der Waals surface area contributed by atoms with Gasteiger partial charge in [0.15, 0.2) is 0 Å². The number of amides is 2. The molecule has 0 atom stereocenters. The van der Waals surface area contributed by atoms with E-state index in [9.17, 15) is 9.59 Å². The molecule has 2 aromatic carbocycles. The summed E-state index contributed by atoms with van der Waals surface area (Å²) in [6.07, 6.45) is 1.23. The Morgan fingerprint density at radius 1 is 1.04 bits per heavy atom. The van der Waals surface area contributed by atoms with Crippen LogP contribution in [0.25, 0.3) is 0 Å². The van der Waals surface area contributed by atoms with Crippen LogP contribution >= 0.6 is 0 Å². The molecule has 4 heteroatoms. The zero-order valence-electron chi connectivity index (χ0n) is 14.8. The molecular formula is C21H24N2O2. The number of nitrogens with one attached hydrogen (secondary N) is 1. The standard InChI is InChI=1S/C21H24N2O2/c1-15-7-8-18(13-16(15)2)21(25)22-11-9-20(24)23-12-10-17-5-3-4-6-19(17)14-23/h3-8,13H,9-12,14H2,1-2H3,(H,22,25). The Morgan fingerprint density at radius 2 is 1.80 bits per heavy atom. The van der Waals surface area contributed by atoms with Gasteiger partial charge in [0.05, 0.1) is 0 Å². The topological polar surface area (TPSA) is 49.4 Å². The van der Waals surface area contributed by atoms with E-state index in [4.69, 9.17) is 0 Å². The number of carbonyl (C=O) groups is 2. The third-order valence-corrected chi connectivity index (χ3v) is 4.88. The van der Waals surface area contributed by atoms with Gasteiger partial charge in [-0.05, 0) is 54.7 Å². The van der Waals surface area contributed by atoms with Crippen LogP contribution in [-0.4, -0.2) is 29.8 Å². The van der Waals surface area contributed by atoms with Crippen LogP contribution in [0.4, 0.5) is 0 Å². The smallest absolute Gasteiger partial charge is 0.251 e. The van der Waals surface area contributed by atoms with Gasteiger partial charge in [-0.15, -0.1) is 0 Å². The highest BCUT2D eigenvalue weighted by molar-refractivity contribution is 5.94. The van der Waals surface area contributed by atoms with Crippen molar-refractivity contribution in [2.75, 3.05) is 13.1 Å². The van der Waals surface area contributed by atoms with Gasteiger partial charge in [0, 0.05) is 31.6 Å². The molecule has 0 aromatic heterocycles. The first-order valence-corrected chi connectivity index (χ1v) is 8.74. The molecule has 0 fully saturated rings. The largest absolute Gasteiger partial charge is 0.352 e. The maximum Gasteiger partial charge on any atom is 0.251 e. The second-order valence-corrected chi connectivity index (χ2v) is 6.64. The van der Waals surface area contributed by atoms with Crippen molar-refractivity contribution < 1.29 is 9.59 Å². The Morgan fingerprint density at radius 3 is 2.56 bits per heavy atom. The minimum atomic E-state index is -0.125. The van der Waals surface area contributed by atoms with Crippen LogP contribution in [0.15, 0.2) is 42.5 Å². The van der Waals surface area contributed by atoms with Crippen LogP contribution in [0.2, 0.25) is 0 Å². The van der Waals surface area contributed by atoms with Gasteiger partial charge in [-0.3, -0.25) is 9.59 Å². The van der Waals surface area contributed by atoms with Gasteiger partial charge in [-0.1, -0.05) is 30.3 Å². The maximum absolute atomic E-state index is 12.4. The Balaban J connectivity index is 1.50. The molecule has 0 aliphatic carbocycles. The van der Waals surface area contributed by atoms with E-state index >= 15 is 0 Å².